The van der Waals surface area contributed by atoms with Crippen LogP contribution in [0.3, 0.4) is 0 Å². The van der Waals surface area contributed by atoms with E-state index in [0.29, 0.717) is 15.1 Å². The highest BCUT2D eigenvalue weighted by molar-refractivity contribution is 7.17. The summed E-state index contributed by atoms with van der Waals surface area (Å²) in [7, 11) is 0. The zero-order chi connectivity index (χ0) is 22.9. The van der Waals surface area contributed by atoms with Crippen molar-refractivity contribution < 1.29 is 30.7 Å². The van der Waals surface area contributed by atoms with Gasteiger partial charge >= 0.3 is 12.4 Å². The smallest absolute Gasteiger partial charge is 0.265 e. The van der Waals surface area contributed by atoms with Crippen LogP contribution >= 0.6 is 22.9 Å². The lowest BCUT2D eigenvalue weighted by Crippen LogP contribution is -2.24. The number of hydrogen-bond donors (Lipinski definition) is 0. The van der Waals surface area contributed by atoms with E-state index in [-0.39, 0.29) is 17.8 Å². The van der Waals surface area contributed by atoms with Gasteiger partial charge in [0, 0.05) is 12.0 Å². The van der Waals surface area contributed by atoms with E-state index < -0.39 is 74.2 Å². The molecule has 0 amide bonds. The number of halogens is 8. The number of aromatic nitrogens is 4. The van der Waals surface area contributed by atoms with Crippen molar-refractivity contribution in [3.05, 3.63) is 49.3 Å². The second-order valence-electron chi connectivity index (χ2n) is 6.70. The highest BCUT2D eigenvalue weighted by Crippen LogP contribution is 2.52. The van der Waals surface area contributed by atoms with Gasteiger partial charge in [-0.1, -0.05) is 22.9 Å². The van der Waals surface area contributed by atoms with Crippen molar-refractivity contribution in [2.45, 2.75) is 31.2 Å². The highest BCUT2D eigenvalue weighted by atomic mass is 35.5. The summed E-state index contributed by atoms with van der Waals surface area (Å²) < 4.78 is 94.5. The molecule has 0 saturated heterocycles. The second-order valence-corrected chi connectivity index (χ2v) is 8.06. The number of fused-ring (bicyclic) bond motifs is 1. The van der Waals surface area contributed by atoms with Crippen LogP contribution < -0.4 is 5.56 Å². The molecule has 1 aliphatic carbocycles. The first-order valence-electron chi connectivity index (χ1n) is 8.34. The van der Waals surface area contributed by atoms with Crippen LogP contribution in [-0.4, -0.2) is 19.2 Å². The number of nitriles is 1. The molecule has 1 aliphatic rings. The van der Waals surface area contributed by atoms with E-state index in [9.17, 15) is 35.5 Å². The zero-order valence-electron chi connectivity index (χ0n) is 14.7. The summed E-state index contributed by atoms with van der Waals surface area (Å²) in [5, 5.41) is 11.6. The van der Waals surface area contributed by atoms with E-state index in [2.05, 4.69) is 10.1 Å². The summed E-state index contributed by atoms with van der Waals surface area (Å²) in [6.07, 6.45) is -9.65. The molecule has 6 nitrogen and oxygen atoms in total. The Labute approximate surface area is 176 Å². The molecule has 3 heterocycles. The lowest BCUT2D eigenvalue weighted by molar-refractivity contribution is -0.141. The van der Waals surface area contributed by atoms with Crippen LogP contribution in [0, 0.1) is 23.1 Å². The van der Waals surface area contributed by atoms with Gasteiger partial charge in [0.15, 0.2) is 10.7 Å². The lowest BCUT2D eigenvalue weighted by Gasteiger charge is -2.08. The number of nitrogens with zero attached hydrogens (tertiary/aromatic N) is 5. The topological polar surface area (TPSA) is 76.0 Å². The van der Waals surface area contributed by atoms with E-state index in [1.54, 1.807) is 0 Å². The Morgan fingerprint density at radius 1 is 1.26 bits per heavy atom. The van der Waals surface area contributed by atoms with E-state index >= 15 is 0 Å². The van der Waals surface area contributed by atoms with Crippen LogP contribution in [0.4, 0.5) is 30.7 Å². The van der Waals surface area contributed by atoms with Gasteiger partial charge in [-0.15, -0.1) is 0 Å². The van der Waals surface area contributed by atoms with Gasteiger partial charge in [-0.05, 0) is 6.42 Å². The fourth-order valence-corrected chi connectivity index (χ4v) is 4.39. The minimum atomic E-state index is -4.88. The monoisotopic (exact) mass is 485 g/mol. The third-order valence-corrected chi connectivity index (χ3v) is 6.02. The third kappa shape index (κ3) is 3.65. The van der Waals surface area contributed by atoms with Gasteiger partial charge in [-0.2, -0.15) is 41.1 Å². The largest absolute Gasteiger partial charge is 0.435 e. The Bertz CT molecular complexity index is 1300. The molecule has 4 rings (SSSR count). The van der Waals surface area contributed by atoms with Crippen LogP contribution in [0.1, 0.15) is 34.3 Å². The highest BCUT2D eigenvalue weighted by Gasteiger charge is 2.48. The maximum atomic E-state index is 14.7. The van der Waals surface area contributed by atoms with E-state index in [0.717, 1.165) is 0 Å². The zero-order valence-corrected chi connectivity index (χ0v) is 16.3. The number of hydrogen-bond acceptors (Lipinski definition) is 5. The predicted octanol–water partition coefficient (Wildman–Crippen LogP) is 4.46. The first-order chi connectivity index (χ1) is 14.3. The third-order valence-electron chi connectivity index (χ3n) is 4.62. The normalized spacial score (nSPS) is 19.1. The second kappa shape index (κ2) is 6.92. The van der Waals surface area contributed by atoms with Crippen molar-refractivity contribution in [2.75, 3.05) is 0 Å². The SMILES string of the molecule is N#CC1CC1c1c(C(F)(F)F)sc2nc(Cn3nc(C(F)(F)F)cc3Cl)c(F)c(=O)n12. The summed E-state index contributed by atoms with van der Waals surface area (Å²) in [6.45, 7) is -0.814. The van der Waals surface area contributed by atoms with Crippen molar-refractivity contribution in [3.8, 4) is 6.07 Å². The van der Waals surface area contributed by atoms with E-state index in [1.165, 1.54) is 0 Å². The summed E-state index contributed by atoms with van der Waals surface area (Å²) in [5.41, 5.74) is -4.09. The molecule has 0 aliphatic heterocycles. The van der Waals surface area contributed by atoms with Gasteiger partial charge in [-0.25, -0.2) is 9.67 Å². The van der Waals surface area contributed by atoms with Crippen LogP contribution in [0.25, 0.3) is 4.96 Å². The Balaban J connectivity index is 1.86. The fraction of sp³-hybridized carbons (Fsp3) is 0.375. The summed E-state index contributed by atoms with van der Waals surface area (Å²) in [6, 6.07) is 2.29. The van der Waals surface area contributed by atoms with Gasteiger partial charge in [0.1, 0.15) is 15.7 Å². The number of thiazole rings is 1. The maximum Gasteiger partial charge on any atom is 0.435 e. The molecule has 1 saturated carbocycles. The molecule has 2 unspecified atom stereocenters. The molecule has 0 radical (unpaired) electrons. The molecular formula is C16H7ClF7N5OS. The fourth-order valence-electron chi connectivity index (χ4n) is 3.12. The van der Waals surface area contributed by atoms with Gasteiger partial charge in [0.2, 0.25) is 5.82 Å². The van der Waals surface area contributed by atoms with E-state index in [1.807, 2.05) is 6.07 Å². The van der Waals surface area contributed by atoms with Crippen molar-refractivity contribution >= 4 is 27.9 Å². The average molecular weight is 486 g/mol. The molecule has 0 aromatic carbocycles. The van der Waals surface area contributed by atoms with Gasteiger partial charge in [0.25, 0.3) is 5.56 Å². The average Bonchev–Trinajstić information content (AvgIpc) is 3.18. The van der Waals surface area contributed by atoms with E-state index in [4.69, 9.17) is 16.9 Å². The van der Waals surface area contributed by atoms with Crippen LogP contribution in [0.5, 0.6) is 0 Å². The quantitative estimate of drug-likeness (QED) is 0.513. The van der Waals surface area contributed by atoms with Crippen LogP contribution in [0.2, 0.25) is 5.15 Å². The summed E-state index contributed by atoms with van der Waals surface area (Å²) in [5.74, 6) is -3.22. The molecule has 1 fully saturated rings. The molecule has 31 heavy (non-hydrogen) atoms. The first kappa shape index (κ1) is 21.6. The molecule has 0 spiro atoms. The minimum absolute atomic E-state index is 0.0737. The maximum absolute atomic E-state index is 14.7. The van der Waals surface area contributed by atoms with Gasteiger partial charge in [0.05, 0.1) is 24.2 Å². The van der Waals surface area contributed by atoms with Gasteiger partial charge < -0.3 is 0 Å². The number of alkyl halides is 6. The molecular weight excluding hydrogens is 479 g/mol. The Morgan fingerprint density at radius 2 is 1.94 bits per heavy atom. The van der Waals surface area contributed by atoms with Crippen molar-refractivity contribution in [2.24, 2.45) is 5.92 Å². The van der Waals surface area contributed by atoms with Crippen molar-refractivity contribution in [1.29, 1.82) is 5.26 Å². The Kier molecular flexibility index (Phi) is 4.82. The summed E-state index contributed by atoms with van der Waals surface area (Å²) in [4.78, 5) is 14.6. The molecule has 3 aromatic rings. The Morgan fingerprint density at radius 3 is 2.45 bits per heavy atom. The number of rotatable bonds is 3. The molecule has 2 atom stereocenters. The minimum Gasteiger partial charge on any atom is -0.265 e. The standard InChI is InChI=1S/C16H7ClF7N5OS/c17-9-2-8(15(19,20)21)27-28(9)4-7-10(18)13(30)29-11(6-1-5(6)3-25)12(16(22,23)24)31-14(29)26-7/h2,5-6H,1,4H2. The van der Waals surface area contributed by atoms with Crippen LogP contribution in [-0.2, 0) is 18.9 Å². The molecule has 15 heteroatoms. The Hall–Kier alpha value is -2.66. The first-order valence-corrected chi connectivity index (χ1v) is 9.53. The van der Waals surface area contributed by atoms with Gasteiger partial charge in [-0.3, -0.25) is 9.20 Å². The van der Waals surface area contributed by atoms with Crippen molar-refractivity contribution in [3.63, 3.8) is 0 Å². The van der Waals surface area contributed by atoms with Crippen molar-refractivity contribution in [1.82, 2.24) is 19.2 Å². The molecule has 3 aromatic heterocycles. The predicted molar refractivity (Wildman–Crippen MR) is 92.1 cm³/mol. The lowest BCUT2D eigenvalue weighted by atomic mass is 10.2. The van der Waals surface area contributed by atoms with Crippen LogP contribution in [0.15, 0.2) is 10.9 Å². The molecule has 0 bridgehead atoms. The molecule has 164 valence electrons. The molecule has 0 N–H and O–H groups in total. The summed E-state index contributed by atoms with van der Waals surface area (Å²) >= 11 is 5.75.